The molecule has 2 aromatic carbocycles. The lowest BCUT2D eigenvalue weighted by Crippen LogP contribution is -2.28. The van der Waals surface area contributed by atoms with Crippen molar-refractivity contribution in [2.24, 2.45) is 4.99 Å². The summed E-state index contributed by atoms with van der Waals surface area (Å²) in [5.41, 5.74) is 3.08. The van der Waals surface area contributed by atoms with Crippen molar-refractivity contribution in [3.63, 3.8) is 0 Å². The first-order valence-corrected chi connectivity index (χ1v) is 11.3. The molecule has 0 spiro atoms. The Morgan fingerprint density at radius 3 is 2.45 bits per heavy atom. The van der Waals surface area contributed by atoms with E-state index in [0.717, 1.165) is 30.1 Å². The zero-order valence-electron chi connectivity index (χ0n) is 17.1. The predicted molar refractivity (Wildman–Crippen MR) is 126 cm³/mol. The van der Waals surface area contributed by atoms with Crippen molar-refractivity contribution in [1.29, 1.82) is 0 Å². The maximum atomic E-state index is 13.2. The number of rotatable bonds is 5. The zero-order chi connectivity index (χ0) is 21.0. The van der Waals surface area contributed by atoms with Gasteiger partial charge < -0.3 is 9.32 Å². The molecule has 1 aromatic heterocycles. The summed E-state index contributed by atoms with van der Waals surface area (Å²) in [7, 11) is 0. The number of hydrogen-bond acceptors (Lipinski definition) is 5. The van der Waals surface area contributed by atoms with Gasteiger partial charge in [-0.3, -0.25) is 9.69 Å². The third kappa shape index (κ3) is 4.44. The number of furan rings is 1. The normalized spacial score (nSPS) is 19.2. The van der Waals surface area contributed by atoms with Gasteiger partial charge in [0, 0.05) is 18.8 Å². The van der Waals surface area contributed by atoms with Crippen LogP contribution in [0, 0.1) is 0 Å². The van der Waals surface area contributed by atoms with Crippen molar-refractivity contribution in [2.45, 2.75) is 19.4 Å². The highest BCUT2D eigenvalue weighted by atomic mass is 32.2. The minimum Gasteiger partial charge on any atom is -0.467 e. The molecule has 0 N–H and O–H groups in total. The van der Waals surface area contributed by atoms with E-state index >= 15 is 0 Å². The summed E-state index contributed by atoms with van der Waals surface area (Å²) in [6, 6.07) is 21.8. The number of carbonyl (C=O) groups is 1. The fourth-order valence-corrected chi connectivity index (χ4v) is 4.81. The number of para-hydroxylation sites is 1. The molecule has 0 saturated carbocycles. The van der Waals surface area contributed by atoms with Crippen LogP contribution in [0.4, 0.5) is 11.4 Å². The lowest BCUT2D eigenvalue weighted by atomic mass is 10.2. The molecule has 2 aliphatic heterocycles. The Morgan fingerprint density at radius 1 is 0.968 bits per heavy atom. The number of aliphatic imine (C=N–C) groups is 1. The number of nitrogens with zero attached hydrogens (tertiary/aromatic N) is 3. The predicted octanol–water partition coefficient (Wildman–Crippen LogP) is 5.68. The standard InChI is InChI=1S/C25H23N3O2S/c29-24-23(17-19-10-12-21(13-11-19)27-14-4-5-15-27)31-25(26-20-7-2-1-3-8-20)28(24)18-22-9-6-16-30-22/h1-3,6-13,16-17H,4-5,14-15,18H2/b23-17-,26-25?. The third-order valence-electron chi connectivity index (χ3n) is 5.43. The molecule has 31 heavy (non-hydrogen) atoms. The van der Waals surface area contributed by atoms with E-state index < -0.39 is 0 Å². The summed E-state index contributed by atoms with van der Waals surface area (Å²) in [4.78, 5) is 22.7. The molecule has 0 radical (unpaired) electrons. The van der Waals surface area contributed by atoms with Gasteiger partial charge >= 0.3 is 0 Å². The molecular formula is C25H23N3O2S. The maximum Gasteiger partial charge on any atom is 0.267 e. The van der Waals surface area contributed by atoms with E-state index in [0.29, 0.717) is 16.6 Å². The van der Waals surface area contributed by atoms with Crippen LogP contribution >= 0.6 is 11.8 Å². The summed E-state index contributed by atoms with van der Waals surface area (Å²) >= 11 is 1.40. The maximum absolute atomic E-state index is 13.2. The molecule has 5 rings (SSSR count). The number of amidine groups is 1. The second-order valence-corrected chi connectivity index (χ2v) is 8.61. The fourth-order valence-electron chi connectivity index (χ4n) is 3.81. The molecule has 0 atom stereocenters. The van der Waals surface area contributed by atoms with E-state index in [-0.39, 0.29) is 5.91 Å². The molecule has 5 nitrogen and oxygen atoms in total. The Labute approximate surface area is 186 Å². The van der Waals surface area contributed by atoms with E-state index in [1.807, 2.05) is 48.5 Å². The van der Waals surface area contributed by atoms with Crippen molar-refractivity contribution < 1.29 is 9.21 Å². The summed E-state index contributed by atoms with van der Waals surface area (Å²) in [6.45, 7) is 2.60. The number of thioether (sulfide) groups is 1. The highest BCUT2D eigenvalue weighted by molar-refractivity contribution is 8.18. The Kier molecular flexibility index (Phi) is 5.63. The average molecular weight is 430 g/mol. The molecule has 2 aliphatic rings. The van der Waals surface area contributed by atoms with Crippen LogP contribution in [-0.2, 0) is 11.3 Å². The minimum absolute atomic E-state index is 0.0558. The summed E-state index contributed by atoms with van der Waals surface area (Å²) in [6.07, 6.45) is 6.08. The van der Waals surface area contributed by atoms with Crippen LogP contribution in [0.5, 0.6) is 0 Å². The SMILES string of the molecule is O=C1/C(=C/c2ccc(N3CCCC3)cc2)SC(=Nc2ccccc2)N1Cc1ccco1. The quantitative estimate of drug-likeness (QED) is 0.489. The lowest BCUT2D eigenvalue weighted by Gasteiger charge is -2.17. The van der Waals surface area contributed by atoms with Crippen LogP contribution in [-0.4, -0.2) is 29.1 Å². The van der Waals surface area contributed by atoms with E-state index in [4.69, 9.17) is 9.41 Å². The largest absolute Gasteiger partial charge is 0.467 e. The number of anilines is 1. The molecule has 3 heterocycles. The van der Waals surface area contributed by atoms with E-state index in [1.54, 1.807) is 11.2 Å². The topological polar surface area (TPSA) is 49.1 Å². The number of amides is 1. The van der Waals surface area contributed by atoms with Gasteiger partial charge in [-0.2, -0.15) is 0 Å². The zero-order valence-corrected chi connectivity index (χ0v) is 17.9. The summed E-state index contributed by atoms with van der Waals surface area (Å²) in [5, 5.41) is 0.660. The Balaban J connectivity index is 1.42. The van der Waals surface area contributed by atoms with E-state index in [2.05, 4.69) is 29.2 Å². The molecule has 6 heteroatoms. The van der Waals surface area contributed by atoms with Gasteiger partial charge in [0.05, 0.1) is 23.4 Å². The van der Waals surface area contributed by atoms with Crippen LogP contribution in [0.15, 0.2) is 87.3 Å². The van der Waals surface area contributed by atoms with Crippen molar-refractivity contribution in [3.05, 3.63) is 89.2 Å². The molecule has 2 fully saturated rings. The Bertz CT molecular complexity index is 1100. The van der Waals surface area contributed by atoms with Crippen molar-refractivity contribution in [2.75, 3.05) is 18.0 Å². The highest BCUT2D eigenvalue weighted by Crippen LogP contribution is 2.35. The first kappa shape index (κ1) is 19.7. The Hall–Kier alpha value is -3.25. The van der Waals surface area contributed by atoms with Crippen LogP contribution < -0.4 is 4.90 Å². The van der Waals surface area contributed by atoms with Gasteiger partial charge in [0.2, 0.25) is 0 Å². The fraction of sp³-hybridized carbons (Fsp3) is 0.200. The van der Waals surface area contributed by atoms with Gasteiger partial charge in [-0.1, -0.05) is 30.3 Å². The van der Waals surface area contributed by atoms with Crippen molar-refractivity contribution >= 4 is 40.3 Å². The molecule has 1 amide bonds. The van der Waals surface area contributed by atoms with Crippen molar-refractivity contribution in [3.8, 4) is 0 Å². The third-order valence-corrected chi connectivity index (χ3v) is 6.43. The van der Waals surface area contributed by atoms with Crippen LogP contribution in [0.2, 0.25) is 0 Å². The van der Waals surface area contributed by atoms with Crippen LogP contribution in [0.25, 0.3) is 6.08 Å². The van der Waals surface area contributed by atoms with E-state index in [9.17, 15) is 4.79 Å². The second kappa shape index (κ2) is 8.86. The molecule has 0 unspecified atom stereocenters. The molecule has 156 valence electrons. The lowest BCUT2D eigenvalue weighted by molar-refractivity contribution is -0.122. The summed E-state index contributed by atoms with van der Waals surface area (Å²) in [5.74, 6) is 0.672. The van der Waals surface area contributed by atoms with E-state index in [1.165, 1.54) is 30.3 Å². The van der Waals surface area contributed by atoms with Gasteiger partial charge in [-0.05, 0) is 72.6 Å². The smallest absolute Gasteiger partial charge is 0.267 e. The van der Waals surface area contributed by atoms with Crippen molar-refractivity contribution in [1.82, 2.24) is 4.90 Å². The monoisotopic (exact) mass is 429 g/mol. The molecule has 2 saturated heterocycles. The van der Waals surface area contributed by atoms with Gasteiger partial charge in [0.1, 0.15) is 5.76 Å². The first-order valence-electron chi connectivity index (χ1n) is 10.5. The van der Waals surface area contributed by atoms with Crippen LogP contribution in [0.3, 0.4) is 0 Å². The van der Waals surface area contributed by atoms with Gasteiger partial charge in [0.15, 0.2) is 5.17 Å². The minimum atomic E-state index is -0.0558. The van der Waals surface area contributed by atoms with Crippen LogP contribution in [0.1, 0.15) is 24.2 Å². The first-order chi connectivity index (χ1) is 15.3. The second-order valence-electron chi connectivity index (χ2n) is 7.60. The molecule has 3 aromatic rings. The Morgan fingerprint density at radius 2 is 1.74 bits per heavy atom. The van der Waals surface area contributed by atoms with Gasteiger partial charge in [-0.25, -0.2) is 4.99 Å². The average Bonchev–Trinajstić information content (AvgIpc) is 3.56. The van der Waals surface area contributed by atoms with Gasteiger partial charge in [-0.15, -0.1) is 0 Å². The number of carbonyl (C=O) groups excluding carboxylic acids is 1. The molecule has 0 bridgehead atoms. The number of benzene rings is 2. The number of hydrogen-bond donors (Lipinski definition) is 0. The molecule has 0 aliphatic carbocycles. The molecular weight excluding hydrogens is 406 g/mol. The highest BCUT2D eigenvalue weighted by Gasteiger charge is 2.34. The van der Waals surface area contributed by atoms with Gasteiger partial charge in [0.25, 0.3) is 5.91 Å². The summed E-state index contributed by atoms with van der Waals surface area (Å²) < 4.78 is 5.48.